The highest BCUT2D eigenvalue weighted by Crippen LogP contribution is 2.22. The van der Waals surface area contributed by atoms with Crippen LogP contribution in [0.4, 0.5) is 5.69 Å². The van der Waals surface area contributed by atoms with Crippen LogP contribution in [-0.4, -0.2) is 31.5 Å². The van der Waals surface area contributed by atoms with Gasteiger partial charge in [-0.1, -0.05) is 36.4 Å². The molecule has 25 heavy (non-hydrogen) atoms. The molecule has 0 aliphatic carbocycles. The highest BCUT2D eigenvalue weighted by molar-refractivity contribution is 5.96. The van der Waals surface area contributed by atoms with Crippen molar-refractivity contribution in [1.82, 2.24) is 5.32 Å². The Morgan fingerprint density at radius 1 is 1.16 bits per heavy atom. The lowest BCUT2D eigenvalue weighted by molar-refractivity contribution is -0.121. The summed E-state index contributed by atoms with van der Waals surface area (Å²) in [5.74, 6) is 0.793. The first kappa shape index (κ1) is 17.0. The Labute approximate surface area is 147 Å². The molecule has 1 heterocycles. The minimum atomic E-state index is -0.141. The number of nitrogens with one attached hydrogen (secondary N) is 1. The molecule has 1 aliphatic rings. The molecule has 3 rings (SSSR count). The number of anilines is 1. The van der Waals surface area contributed by atoms with Crippen LogP contribution in [0.1, 0.15) is 18.4 Å². The van der Waals surface area contributed by atoms with E-state index in [0.717, 1.165) is 17.0 Å². The SMILES string of the molecule is COc1ccccc1CCC(=O)NC1CC(=O)N(c2ccccc2)C1. The van der Waals surface area contributed by atoms with Gasteiger partial charge >= 0.3 is 0 Å². The summed E-state index contributed by atoms with van der Waals surface area (Å²) in [6, 6.07) is 17.1. The van der Waals surface area contributed by atoms with Crippen molar-refractivity contribution in [2.24, 2.45) is 0 Å². The highest BCUT2D eigenvalue weighted by Gasteiger charge is 2.31. The third-order valence-corrected chi connectivity index (χ3v) is 4.37. The molecule has 0 bridgehead atoms. The molecule has 5 nitrogen and oxygen atoms in total. The Morgan fingerprint density at radius 3 is 2.64 bits per heavy atom. The van der Waals surface area contributed by atoms with Crippen molar-refractivity contribution in [1.29, 1.82) is 0 Å². The van der Waals surface area contributed by atoms with E-state index in [1.54, 1.807) is 12.0 Å². The molecule has 2 amide bonds. The highest BCUT2D eigenvalue weighted by atomic mass is 16.5. The van der Waals surface area contributed by atoms with Gasteiger partial charge in [-0.25, -0.2) is 0 Å². The Hall–Kier alpha value is -2.82. The van der Waals surface area contributed by atoms with Gasteiger partial charge in [0.05, 0.1) is 13.2 Å². The van der Waals surface area contributed by atoms with E-state index in [2.05, 4.69) is 5.32 Å². The molecule has 0 aromatic heterocycles. The molecule has 2 aromatic rings. The standard InChI is InChI=1S/C20H22N2O3/c1-25-18-10-6-5-7-15(18)11-12-19(23)21-16-13-20(24)22(14-16)17-8-3-2-4-9-17/h2-10,16H,11-14H2,1H3,(H,21,23). The van der Waals surface area contributed by atoms with Crippen molar-refractivity contribution in [2.45, 2.75) is 25.3 Å². The fourth-order valence-corrected chi connectivity index (χ4v) is 3.12. The molecule has 1 unspecified atom stereocenters. The lowest BCUT2D eigenvalue weighted by Crippen LogP contribution is -2.37. The van der Waals surface area contributed by atoms with Crippen molar-refractivity contribution in [3.8, 4) is 5.75 Å². The fourth-order valence-electron chi connectivity index (χ4n) is 3.12. The molecule has 0 radical (unpaired) electrons. The summed E-state index contributed by atoms with van der Waals surface area (Å²) < 4.78 is 5.31. The maximum absolute atomic E-state index is 12.2. The summed E-state index contributed by atoms with van der Waals surface area (Å²) >= 11 is 0. The van der Waals surface area contributed by atoms with Gasteiger partial charge in [0.25, 0.3) is 0 Å². The van der Waals surface area contributed by atoms with Gasteiger partial charge in [0, 0.05) is 25.1 Å². The first-order valence-corrected chi connectivity index (χ1v) is 8.44. The predicted molar refractivity (Wildman–Crippen MR) is 96.7 cm³/mol. The summed E-state index contributed by atoms with van der Waals surface area (Å²) in [4.78, 5) is 26.2. The first-order chi connectivity index (χ1) is 12.2. The molecule has 0 spiro atoms. The number of amides is 2. The summed E-state index contributed by atoms with van der Waals surface area (Å²) in [5, 5.41) is 2.97. The maximum atomic E-state index is 12.2. The molecular weight excluding hydrogens is 316 g/mol. The van der Waals surface area contributed by atoms with Crippen LogP contribution in [0.3, 0.4) is 0 Å². The molecule has 0 saturated carbocycles. The van der Waals surface area contributed by atoms with E-state index in [9.17, 15) is 9.59 Å². The van der Waals surface area contributed by atoms with Crippen molar-refractivity contribution in [3.63, 3.8) is 0 Å². The molecule has 2 aromatic carbocycles. The lowest BCUT2D eigenvalue weighted by Gasteiger charge is -2.17. The molecule has 1 fully saturated rings. The summed E-state index contributed by atoms with van der Waals surface area (Å²) in [6.45, 7) is 0.517. The van der Waals surface area contributed by atoms with Crippen LogP contribution in [-0.2, 0) is 16.0 Å². The van der Waals surface area contributed by atoms with Gasteiger partial charge in [-0.05, 0) is 30.2 Å². The number of carbonyl (C=O) groups excluding carboxylic acids is 2. The lowest BCUT2D eigenvalue weighted by atomic mass is 10.1. The monoisotopic (exact) mass is 338 g/mol. The van der Waals surface area contributed by atoms with Crippen LogP contribution >= 0.6 is 0 Å². The Kier molecular flexibility index (Phi) is 5.33. The summed E-state index contributed by atoms with van der Waals surface area (Å²) in [7, 11) is 1.63. The molecule has 130 valence electrons. The van der Waals surface area contributed by atoms with Gasteiger partial charge in [-0.15, -0.1) is 0 Å². The molecule has 1 aliphatic heterocycles. The van der Waals surface area contributed by atoms with E-state index < -0.39 is 0 Å². The van der Waals surface area contributed by atoms with E-state index >= 15 is 0 Å². The van der Waals surface area contributed by atoms with Crippen molar-refractivity contribution in [3.05, 3.63) is 60.2 Å². The number of aryl methyl sites for hydroxylation is 1. The number of ether oxygens (including phenoxy) is 1. The topological polar surface area (TPSA) is 58.6 Å². The minimum Gasteiger partial charge on any atom is -0.496 e. The third-order valence-electron chi connectivity index (χ3n) is 4.37. The number of hydrogen-bond donors (Lipinski definition) is 1. The van der Waals surface area contributed by atoms with E-state index in [1.807, 2.05) is 54.6 Å². The average molecular weight is 338 g/mol. The quantitative estimate of drug-likeness (QED) is 0.881. The Morgan fingerprint density at radius 2 is 1.88 bits per heavy atom. The molecule has 1 saturated heterocycles. The van der Waals surface area contributed by atoms with Crippen molar-refractivity contribution >= 4 is 17.5 Å². The van der Waals surface area contributed by atoms with Gasteiger partial charge < -0.3 is 15.0 Å². The number of para-hydroxylation sites is 2. The van der Waals surface area contributed by atoms with Gasteiger partial charge in [0.1, 0.15) is 5.75 Å². The van der Waals surface area contributed by atoms with Gasteiger partial charge in [0.15, 0.2) is 0 Å². The number of rotatable bonds is 6. The second kappa shape index (κ2) is 7.83. The number of methoxy groups -OCH3 is 1. The number of benzene rings is 2. The van der Waals surface area contributed by atoms with Crippen molar-refractivity contribution < 1.29 is 14.3 Å². The smallest absolute Gasteiger partial charge is 0.229 e. The van der Waals surface area contributed by atoms with E-state index in [0.29, 0.717) is 25.8 Å². The van der Waals surface area contributed by atoms with E-state index in [1.165, 1.54) is 0 Å². The van der Waals surface area contributed by atoms with Crippen LogP contribution in [0.25, 0.3) is 0 Å². The van der Waals surface area contributed by atoms with Gasteiger partial charge in [-0.2, -0.15) is 0 Å². The van der Waals surface area contributed by atoms with Gasteiger partial charge in [0.2, 0.25) is 11.8 Å². The van der Waals surface area contributed by atoms with Crippen LogP contribution in [0.2, 0.25) is 0 Å². The zero-order valence-corrected chi connectivity index (χ0v) is 14.3. The summed E-state index contributed by atoms with van der Waals surface area (Å²) in [5.41, 5.74) is 1.88. The van der Waals surface area contributed by atoms with E-state index in [-0.39, 0.29) is 17.9 Å². The molecule has 5 heteroatoms. The van der Waals surface area contributed by atoms with Crippen LogP contribution in [0.5, 0.6) is 5.75 Å². The largest absolute Gasteiger partial charge is 0.496 e. The molecule has 1 atom stereocenters. The average Bonchev–Trinajstić information content (AvgIpc) is 3.01. The first-order valence-electron chi connectivity index (χ1n) is 8.44. The van der Waals surface area contributed by atoms with Crippen LogP contribution < -0.4 is 15.0 Å². The maximum Gasteiger partial charge on any atom is 0.229 e. The second-order valence-electron chi connectivity index (χ2n) is 6.12. The van der Waals surface area contributed by atoms with Gasteiger partial charge in [-0.3, -0.25) is 9.59 Å². The van der Waals surface area contributed by atoms with Crippen LogP contribution in [0, 0.1) is 0 Å². The predicted octanol–water partition coefficient (Wildman–Crippen LogP) is 2.55. The Bertz CT molecular complexity index is 746. The second-order valence-corrected chi connectivity index (χ2v) is 6.12. The molecule has 1 N–H and O–H groups in total. The normalized spacial score (nSPS) is 16.8. The van der Waals surface area contributed by atoms with Crippen molar-refractivity contribution in [2.75, 3.05) is 18.6 Å². The number of carbonyl (C=O) groups is 2. The van der Waals surface area contributed by atoms with E-state index in [4.69, 9.17) is 4.74 Å². The third kappa shape index (κ3) is 4.18. The number of hydrogen-bond acceptors (Lipinski definition) is 3. The zero-order valence-electron chi connectivity index (χ0n) is 14.3. The zero-order chi connectivity index (χ0) is 17.6. The summed E-state index contributed by atoms with van der Waals surface area (Å²) in [6.07, 6.45) is 1.32. The Balaban J connectivity index is 1.53. The minimum absolute atomic E-state index is 0.0428. The molecular formula is C20H22N2O3. The number of nitrogens with zero attached hydrogens (tertiary/aromatic N) is 1. The van der Waals surface area contributed by atoms with Crippen LogP contribution in [0.15, 0.2) is 54.6 Å². The fraction of sp³-hybridized carbons (Fsp3) is 0.300.